The van der Waals surface area contributed by atoms with Crippen LogP contribution in [0.15, 0.2) is 23.7 Å². The van der Waals surface area contributed by atoms with Crippen molar-refractivity contribution < 1.29 is 47.6 Å². The summed E-state index contributed by atoms with van der Waals surface area (Å²) in [5.41, 5.74) is -1.69. The van der Waals surface area contributed by atoms with Crippen LogP contribution in [-0.4, -0.2) is 61.5 Å². The Morgan fingerprint density at radius 2 is 1.03 bits per heavy atom. The molecular weight excluding hydrogens is 424 g/mol. The minimum atomic E-state index is -0.847. The van der Waals surface area contributed by atoms with Crippen LogP contribution in [0.5, 0.6) is 0 Å². The Hall–Kier alpha value is -3.04. The number of cyclic esters (lactones) is 2. The highest BCUT2D eigenvalue weighted by Crippen LogP contribution is 2.54. The molecule has 0 radical (unpaired) electrons. The van der Waals surface area contributed by atoms with Gasteiger partial charge in [-0.15, -0.1) is 0 Å². The fourth-order valence-electron chi connectivity index (χ4n) is 5.55. The normalized spacial score (nSPS) is 41.2. The van der Waals surface area contributed by atoms with Crippen LogP contribution < -0.4 is 0 Å². The summed E-state index contributed by atoms with van der Waals surface area (Å²) in [5, 5.41) is 0. The molecule has 6 atom stereocenters. The van der Waals surface area contributed by atoms with E-state index in [2.05, 4.69) is 0 Å². The van der Waals surface area contributed by atoms with Gasteiger partial charge in [0, 0.05) is 12.8 Å². The molecule has 10 heteroatoms. The predicted molar refractivity (Wildman–Crippen MR) is 102 cm³/mol. The number of esters is 4. The van der Waals surface area contributed by atoms with Crippen LogP contribution in [0.4, 0.5) is 0 Å². The molecule has 0 N–H and O–H groups in total. The predicted octanol–water partition coefficient (Wildman–Crippen LogP) is 0.791. The van der Waals surface area contributed by atoms with Crippen molar-refractivity contribution in [2.45, 2.75) is 37.9 Å². The minimum absolute atomic E-state index is 0.0679. The lowest BCUT2D eigenvalue weighted by atomic mass is 9.60. The van der Waals surface area contributed by atoms with Gasteiger partial charge >= 0.3 is 23.9 Å². The maximum Gasteiger partial charge on any atom is 0.334 e. The lowest BCUT2D eigenvalue weighted by Crippen LogP contribution is -2.60. The first kappa shape index (κ1) is 20.8. The molecule has 32 heavy (non-hydrogen) atoms. The first-order valence-electron chi connectivity index (χ1n) is 10.7. The van der Waals surface area contributed by atoms with Crippen molar-refractivity contribution in [2.75, 3.05) is 26.4 Å². The molecule has 0 unspecified atom stereocenters. The summed E-state index contributed by atoms with van der Waals surface area (Å²) in [7, 11) is 0. The van der Waals surface area contributed by atoms with Crippen molar-refractivity contribution in [3.63, 3.8) is 0 Å². The fraction of sp³-hybridized carbons (Fsp3) is 0.636. The Kier molecular flexibility index (Phi) is 4.72. The molecule has 0 amide bonds. The summed E-state index contributed by atoms with van der Waals surface area (Å²) in [6.07, 6.45) is 3.12. The van der Waals surface area contributed by atoms with Gasteiger partial charge in [0.25, 0.3) is 0 Å². The zero-order valence-corrected chi connectivity index (χ0v) is 17.8. The van der Waals surface area contributed by atoms with Crippen LogP contribution in [0.2, 0.25) is 0 Å². The highest BCUT2D eigenvalue weighted by Gasteiger charge is 2.62. The summed E-state index contributed by atoms with van der Waals surface area (Å²) in [6.45, 7) is 3.46. The molecule has 3 fully saturated rings. The Morgan fingerprint density at radius 3 is 1.44 bits per heavy atom. The van der Waals surface area contributed by atoms with E-state index in [4.69, 9.17) is 28.4 Å². The standard InChI is InChI=1S/C22H24O10/c1-21-9-11-17(21)13(7-15(23)31-21)27-3-4-28-14-8-16(24)32-22(2)10-12(18(14)22)20(26)30-6-5-29-19(11)25/h7-8,11-12,17-18H,3-6,9-10H2,1-2H3/t11-,12-,17-,18+,21-,22-/m1/s1. The number of hydrogen-bond acceptors (Lipinski definition) is 10. The first-order valence-corrected chi connectivity index (χ1v) is 10.7. The molecule has 2 aliphatic carbocycles. The summed E-state index contributed by atoms with van der Waals surface area (Å²) in [5.74, 6) is -3.27. The van der Waals surface area contributed by atoms with Crippen LogP contribution in [0.3, 0.4) is 0 Å². The van der Waals surface area contributed by atoms with Crippen molar-refractivity contribution in [3.8, 4) is 0 Å². The van der Waals surface area contributed by atoms with E-state index < -0.39 is 58.8 Å². The van der Waals surface area contributed by atoms with Gasteiger partial charge in [0.2, 0.25) is 0 Å². The molecule has 3 aliphatic heterocycles. The average molecular weight is 448 g/mol. The van der Waals surface area contributed by atoms with E-state index in [0.29, 0.717) is 24.4 Å². The van der Waals surface area contributed by atoms with Gasteiger partial charge in [0.15, 0.2) is 0 Å². The zero-order chi connectivity index (χ0) is 22.7. The van der Waals surface area contributed by atoms with Gasteiger partial charge in [-0.2, -0.15) is 0 Å². The third-order valence-electron chi connectivity index (χ3n) is 6.97. The molecule has 0 aromatic rings. The lowest BCUT2D eigenvalue weighted by Gasteiger charge is -2.53. The topological polar surface area (TPSA) is 124 Å². The van der Waals surface area contributed by atoms with Gasteiger partial charge < -0.3 is 28.4 Å². The monoisotopic (exact) mass is 448 g/mol. The number of rotatable bonds is 0. The molecule has 1 saturated heterocycles. The van der Waals surface area contributed by atoms with Crippen LogP contribution in [-0.2, 0) is 47.6 Å². The Morgan fingerprint density at radius 1 is 0.656 bits per heavy atom. The largest absolute Gasteiger partial charge is 0.494 e. The molecule has 0 aromatic heterocycles. The Labute approximate surface area is 183 Å². The van der Waals surface area contributed by atoms with E-state index in [1.54, 1.807) is 13.8 Å². The molecule has 172 valence electrons. The average Bonchev–Trinajstić information content (AvgIpc) is 2.68. The first-order chi connectivity index (χ1) is 15.2. The van der Waals surface area contributed by atoms with Crippen molar-refractivity contribution >= 4 is 23.9 Å². The van der Waals surface area contributed by atoms with E-state index in [0.717, 1.165) is 0 Å². The van der Waals surface area contributed by atoms with Crippen molar-refractivity contribution in [1.29, 1.82) is 0 Å². The van der Waals surface area contributed by atoms with Crippen LogP contribution in [0, 0.1) is 23.7 Å². The quantitative estimate of drug-likeness (QED) is 0.388. The highest BCUT2D eigenvalue weighted by atomic mass is 16.6. The van der Waals surface area contributed by atoms with E-state index in [-0.39, 0.29) is 26.4 Å². The Bertz CT molecular complexity index is 874. The van der Waals surface area contributed by atoms with E-state index >= 15 is 0 Å². The molecule has 10 nitrogen and oxygen atoms in total. The van der Waals surface area contributed by atoms with E-state index in [1.807, 2.05) is 0 Å². The lowest BCUT2D eigenvalue weighted by molar-refractivity contribution is -0.208. The van der Waals surface area contributed by atoms with Gasteiger partial charge in [-0.25, -0.2) is 9.59 Å². The van der Waals surface area contributed by atoms with Gasteiger partial charge in [0.05, 0.1) is 35.8 Å². The van der Waals surface area contributed by atoms with Crippen molar-refractivity contribution in [3.05, 3.63) is 23.7 Å². The van der Waals surface area contributed by atoms with Crippen LogP contribution in [0.1, 0.15) is 26.7 Å². The van der Waals surface area contributed by atoms with E-state index in [1.165, 1.54) is 12.2 Å². The van der Waals surface area contributed by atoms with Gasteiger partial charge in [0.1, 0.15) is 49.1 Å². The third-order valence-corrected chi connectivity index (χ3v) is 6.97. The fourth-order valence-corrected chi connectivity index (χ4v) is 5.55. The molecule has 0 bridgehead atoms. The van der Waals surface area contributed by atoms with Gasteiger partial charge in [-0.3, -0.25) is 9.59 Å². The summed E-state index contributed by atoms with van der Waals surface area (Å²) in [4.78, 5) is 49.1. The van der Waals surface area contributed by atoms with Crippen molar-refractivity contribution in [2.24, 2.45) is 23.7 Å². The maximum atomic E-state index is 12.6. The second-order valence-corrected chi connectivity index (χ2v) is 9.17. The molecule has 0 spiro atoms. The van der Waals surface area contributed by atoms with Gasteiger partial charge in [-0.05, 0) is 13.8 Å². The zero-order valence-electron chi connectivity index (χ0n) is 17.8. The van der Waals surface area contributed by atoms with Crippen molar-refractivity contribution in [1.82, 2.24) is 0 Å². The summed E-state index contributed by atoms with van der Waals surface area (Å²) < 4.78 is 33.1. The smallest absolute Gasteiger partial charge is 0.334 e. The number of carbonyl (C=O) groups excluding carboxylic acids is 4. The molecule has 0 aromatic carbocycles. The third kappa shape index (κ3) is 3.23. The second kappa shape index (κ2) is 7.25. The summed E-state index contributed by atoms with van der Waals surface area (Å²) >= 11 is 0. The van der Waals surface area contributed by atoms with E-state index in [9.17, 15) is 19.2 Å². The number of carbonyl (C=O) groups is 4. The summed E-state index contributed by atoms with van der Waals surface area (Å²) in [6, 6.07) is 0. The number of ether oxygens (including phenoxy) is 6. The highest BCUT2D eigenvalue weighted by molar-refractivity contribution is 5.87. The minimum Gasteiger partial charge on any atom is -0.494 e. The SMILES string of the molecule is C[C@]12C[C@H]3C(=O)OCCOC(=O)[C@@H]4C[C@@]5(C)OC(=O)C=C(OCCOC(=CC(=O)O1)[C@H]32)[C@@H]45. The maximum absolute atomic E-state index is 12.6. The van der Waals surface area contributed by atoms with Crippen LogP contribution in [0.25, 0.3) is 0 Å². The molecule has 5 rings (SSSR count). The molecular formula is C22H24O10. The second-order valence-electron chi connectivity index (χ2n) is 9.17. The Balaban J connectivity index is 1.37. The number of hydrogen-bond donors (Lipinski definition) is 0. The molecule has 3 heterocycles. The van der Waals surface area contributed by atoms with Gasteiger partial charge in [-0.1, -0.05) is 0 Å². The van der Waals surface area contributed by atoms with Crippen LogP contribution >= 0.6 is 0 Å². The molecule has 2 saturated carbocycles. The molecule has 5 aliphatic rings.